The molecular formula is C18H16Cl2N2O5S. The number of nitro benzene ring substituents is 1. The lowest BCUT2D eigenvalue weighted by molar-refractivity contribution is -0.384. The molecule has 0 bridgehead atoms. The maximum absolute atomic E-state index is 12.2. The number of non-ortho nitro benzene ring substituents is 1. The van der Waals surface area contributed by atoms with Crippen molar-refractivity contribution in [3.05, 3.63) is 56.6 Å². The molecule has 1 heterocycles. The van der Waals surface area contributed by atoms with Crippen LogP contribution in [-0.2, 0) is 0 Å². The molecule has 1 aliphatic rings. The lowest BCUT2D eigenvalue weighted by Crippen LogP contribution is -2.30. The average Bonchev–Trinajstić information content (AvgIpc) is 3.20. The summed E-state index contributed by atoms with van der Waals surface area (Å²) in [4.78, 5) is 24.8. The highest BCUT2D eigenvalue weighted by atomic mass is 35.5. The van der Waals surface area contributed by atoms with Crippen molar-refractivity contribution in [1.29, 1.82) is 0 Å². The smallest absolute Gasteiger partial charge is 0.415 e. The van der Waals surface area contributed by atoms with Crippen molar-refractivity contribution in [2.75, 3.05) is 19.0 Å². The van der Waals surface area contributed by atoms with Crippen LogP contribution < -0.4 is 9.47 Å². The van der Waals surface area contributed by atoms with Crippen LogP contribution in [-0.4, -0.2) is 34.9 Å². The Morgan fingerprint density at radius 1 is 1.11 bits per heavy atom. The highest BCUT2D eigenvalue weighted by Crippen LogP contribution is 2.37. The number of carbonyl (C=O) groups excluding carboxylic acids is 1. The van der Waals surface area contributed by atoms with Crippen molar-refractivity contribution in [3.8, 4) is 11.5 Å². The molecule has 0 radical (unpaired) electrons. The van der Waals surface area contributed by atoms with E-state index in [0.717, 1.165) is 17.7 Å². The van der Waals surface area contributed by atoms with E-state index in [-0.39, 0.29) is 27.4 Å². The van der Waals surface area contributed by atoms with E-state index >= 15 is 0 Å². The standard InChI is InChI=1S/C18H16Cl2N2O5S/c19-14-9-15(20)17(27-18(23)21-7-1-2-8-21)10-16(14)26-11-28-13-5-3-12(4-6-13)22(24)25/h3-6,9-10H,1-2,7-8,11H2. The Labute approximate surface area is 175 Å². The quantitative estimate of drug-likeness (QED) is 0.249. The van der Waals surface area contributed by atoms with Gasteiger partial charge in [-0.05, 0) is 31.0 Å². The van der Waals surface area contributed by atoms with E-state index in [9.17, 15) is 14.9 Å². The third-order valence-electron chi connectivity index (χ3n) is 4.04. The maximum atomic E-state index is 12.2. The summed E-state index contributed by atoms with van der Waals surface area (Å²) >= 11 is 13.6. The van der Waals surface area contributed by atoms with Crippen LogP contribution in [0.2, 0.25) is 10.0 Å². The summed E-state index contributed by atoms with van der Waals surface area (Å²) in [5.74, 6) is 0.710. The SMILES string of the molecule is O=C(Oc1cc(OCSc2ccc([N+](=O)[O-])cc2)c(Cl)cc1Cl)N1CCCC1. The van der Waals surface area contributed by atoms with Gasteiger partial charge in [-0.25, -0.2) is 4.79 Å². The molecule has 0 aliphatic carbocycles. The van der Waals surface area contributed by atoms with E-state index in [1.807, 2.05) is 0 Å². The summed E-state index contributed by atoms with van der Waals surface area (Å²) in [7, 11) is 0. The molecule has 28 heavy (non-hydrogen) atoms. The van der Waals surface area contributed by atoms with Crippen molar-refractivity contribution in [3.63, 3.8) is 0 Å². The fraction of sp³-hybridized carbons (Fsp3) is 0.278. The number of carbonyl (C=O) groups is 1. The van der Waals surface area contributed by atoms with E-state index in [4.69, 9.17) is 32.7 Å². The van der Waals surface area contributed by atoms with Gasteiger partial charge in [-0.2, -0.15) is 0 Å². The number of likely N-dealkylation sites (tertiary alicyclic amines) is 1. The van der Waals surface area contributed by atoms with Gasteiger partial charge in [0.1, 0.15) is 11.7 Å². The lowest BCUT2D eigenvalue weighted by Gasteiger charge is -2.16. The molecule has 0 spiro atoms. The molecule has 0 unspecified atom stereocenters. The number of nitro groups is 1. The first-order valence-corrected chi connectivity index (χ1v) is 10.1. The van der Waals surface area contributed by atoms with Crippen molar-refractivity contribution in [2.45, 2.75) is 17.7 Å². The molecule has 3 rings (SSSR count). The largest absolute Gasteiger partial charge is 0.481 e. The molecule has 1 saturated heterocycles. The predicted molar refractivity (Wildman–Crippen MR) is 108 cm³/mol. The Bertz CT molecular complexity index is 873. The minimum atomic E-state index is -0.455. The van der Waals surface area contributed by atoms with Crippen LogP contribution in [0.15, 0.2) is 41.3 Å². The second-order valence-corrected chi connectivity index (χ2v) is 7.74. The van der Waals surface area contributed by atoms with Crippen LogP contribution >= 0.6 is 35.0 Å². The topological polar surface area (TPSA) is 81.9 Å². The fourth-order valence-electron chi connectivity index (χ4n) is 2.58. The highest BCUT2D eigenvalue weighted by Gasteiger charge is 2.21. The third-order valence-corrected chi connectivity index (χ3v) is 5.47. The molecule has 2 aromatic carbocycles. The van der Waals surface area contributed by atoms with E-state index < -0.39 is 11.0 Å². The number of rotatable bonds is 6. The number of amides is 1. The minimum absolute atomic E-state index is 0.0236. The van der Waals surface area contributed by atoms with Crippen molar-refractivity contribution >= 4 is 46.7 Å². The Balaban J connectivity index is 1.61. The second kappa shape index (κ2) is 9.36. The number of nitrogens with zero attached hydrogens (tertiary/aromatic N) is 2. The molecule has 0 atom stereocenters. The predicted octanol–water partition coefficient (Wildman–Crippen LogP) is 5.62. The summed E-state index contributed by atoms with van der Waals surface area (Å²) < 4.78 is 11.0. The minimum Gasteiger partial charge on any atom is -0.481 e. The summed E-state index contributed by atoms with van der Waals surface area (Å²) in [6, 6.07) is 9.06. The van der Waals surface area contributed by atoms with Crippen LogP contribution in [0.1, 0.15) is 12.8 Å². The molecule has 0 saturated carbocycles. The fourth-order valence-corrected chi connectivity index (χ4v) is 3.71. The van der Waals surface area contributed by atoms with Gasteiger partial charge in [-0.3, -0.25) is 10.1 Å². The van der Waals surface area contributed by atoms with Gasteiger partial charge < -0.3 is 14.4 Å². The van der Waals surface area contributed by atoms with E-state index in [1.165, 1.54) is 36.0 Å². The molecule has 7 nitrogen and oxygen atoms in total. The Kier molecular flexibility index (Phi) is 6.88. The van der Waals surface area contributed by atoms with E-state index in [0.29, 0.717) is 18.8 Å². The molecule has 10 heteroatoms. The second-order valence-electron chi connectivity index (χ2n) is 5.93. The zero-order valence-corrected chi connectivity index (χ0v) is 16.9. The van der Waals surface area contributed by atoms with Gasteiger partial charge in [0.25, 0.3) is 5.69 Å². The van der Waals surface area contributed by atoms with Gasteiger partial charge >= 0.3 is 6.09 Å². The zero-order chi connectivity index (χ0) is 20.1. The van der Waals surface area contributed by atoms with Crippen molar-refractivity contribution < 1.29 is 19.2 Å². The van der Waals surface area contributed by atoms with E-state index in [2.05, 4.69) is 0 Å². The number of ether oxygens (including phenoxy) is 2. The average molecular weight is 443 g/mol. The molecule has 1 aliphatic heterocycles. The number of hydrogen-bond acceptors (Lipinski definition) is 6. The number of thioether (sulfide) groups is 1. The Morgan fingerprint density at radius 2 is 1.75 bits per heavy atom. The van der Waals surface area contributed by atoms with Gasteiger partial charge in [0.15, 0.2) is 5.75 Å². The monoisotopic (exact) mass is 442 g/mol. The first kappa shape index (κ1) is 20.6. The third kappa shape index (κ3) is 5.21. The van der Waals surface area contributed by atoms with Gasteiger partial charge in [0, 0.05) is 36.2 Å². The van der Waals surface area contributed by atoms with Crippen molar-refractivity contribution in [1.82, 2.24) is 4.90 Å². The summed E-state index contributed by atoms with van der Waals surface area (Å²) in [6.45, 7) is 1.33. The van der Waals surface area contributed by atoms with Gasteiger partial charge in [-0.1, -0.05) is 35.0 Å². The molecule has 1 amide bonds. The van der Waals surface area contributed by atoms with Gasteiger partial charge in [0.2, 0.25) is 0 Å². The molecule has 0 aromatic heterocycles. The van der Waals surface area contributed by atoms with Crippen LogP contribution in [0.3, 0.4) is 0 Å². The lowest BCUT2D eigenvalue weighted by atomic mass is 10.3. The van der Waals surface area contributed by atoms with Gasteiger partial charge in [-0.15, -0.1) is 0 Å². The van der Waals surface area contributed by atoms with Crippen LogP contribution in [0.25, 0.3) is 0 Å². The Hall–Kier alpha value is -2.16. The summed E-state index contributed by atoms with van der Waals surface area (Å²) in [5, 5.41) is 11.2. The number of benzene rings is 2. The van der Waals surface area contributed by atoms with Gasteiger partial charge in [0.05, 0.1) is 15.0 Å². The van der Waals surface area contributed by atoms with Crippen molar-refractivity contribution in [2.24, 2.45) is 0 Å². The number of halogens is 2. The number of hydrogen-bond donors (Lipinski definition) is 0. The van der Waals surface area contributed by atoms with Crippen LogP contribution in [0.4, 0.5) is 10.5 Å². The molecule has 2 aromatic rings. The molecule has 0 N–H and O–H groups in total. The molecule has 1 fully saturated rings. The molecular weight excluding hydrogens is 427 g/mol. The highest BCUT2D eigenvalue weighted by molar-refractivity contribution is 7.99. The maximum Gasteiger partial charge on any atom is 0.415 e. The van der Waals surface area contributed by atoms with Crippen LogP contribution in [0, 0.1) is 10.1 Å². The normalized spacial score (nSPS) is 13.4. The zero-order valence-electron chi connectivity index (χ0n) is 14.6. The first-order valence-electron chi connectivity index (χ1n) is 8.40. The van der Waals surface area contributed by atoms with E-state index in [1.54, 1.807) is 17.0 Å². The molecule has 148 valence electrons. The first-order chi connectivity index (χ1) is 13.4. The van der Waals surface area contributed by atoms with Crippen LogP contribution in [0.5, 0.6) is 11.5 Å². The Morgan fingerprint density at radius 3 is 2.39 bits per heavy atom. The summed E-state index contributed by atoms with van der Waals surface area (Å²) in [6.07, 6.45) is 1.46. The summed E-state index contributed by atoms with van der Waals surface area (Å²) in [5.41, 5.74) is 0.0236.